The molecule has 0 saturated carbocycles. The minimum atomic E-state index is -0.238. The van der Waals surface area contributed by atoms with Crippen molar-refractivity contribution in [3.8, 4) is 0 Å². The Kier molecular flexibility index (Phi) is 3.88. The lowest BCUT2D eigenvalue weighted by atomic mass is 10.1. The van der Waals surface area contributed by atoms with Crippen molar-refractivity contribution in [2.45, 2.75) is 32.4 Å². The molecule has 0 fully saturated rings. The minimum absolute atomic E-state index is 0.238. The van der Waals surface area contributed by atoms with Gasteiger partial charge in [-0.1, -0.05) is 0 Å². The molecule has 2 rings (SSSR count). The van der Waals surface area contributed by atoms with Gasteiger partial charge in [-0.2, -0.15) is 0 Å². The van der Waals surface area contributed by atoms with Crippen LogP contribution < -0.4 is 0 Å². The third kappa shape index (κ3) is 2.65. The molecule has 0 spiro atoms. The van der Waals surface area contributed by atoms with E-state index in [1.54, 1.807) is 19.5 Å². The van der Waals surface area contributed by atoms with Crippen molar-refractivity contribution in [1.82, 2.24) is 14.5 Å². The second-order valence-electron chi connectivity index (χ2n) is 4.88. The van der Waals surface area contributed by atoms with E-state index in [4.69, 9.17) is 16.3 Å². The number of rotatable bonds is 5. The van der Waals surface area contributed by atoms with Crippen molar-refractivity contribution in [1.29, 1.82) is 0 Å². The van der Waals surface area contributed by atoms with E-state index >= 15 is 0 Å². The standard InChI is InChI=1S/C13H18ClN3O/c1-13(2,18-3)9-17-11-5-7-15-8-10(11)16-12(17)4-6-14/h5,7-8H,4,6,9H2,1-3H3. The molecular weight excluding hydrogens is 250 g/mol. The van der Waals surface area contributed by atoms with Gasteiger partial charge in [0, 0.05) is 25.6 Å². The van der Waals surface area contributed by atoms with Crippen LogP contribution >= 0.6 is 11.6 Å². The van der Waals surface area contributed by atoms with Crippen molar-refractivity contribution >= 4 is 22.6 Å². The maximum atomic E-state index is 5.84. The number of hydrogen-bond acceptors (Lipinski definition) is 3. The van der Waals surface area contributed by atoms with Crippen molar-refractivity contribution in [2.75, 3.05) is 13.0 Å². The summed E-state index contributed by atoms with van der Waals surface area (Å²) in [5.74, 6) is 1.54. The van der Waals surface area contributed by atoms with Gasteiger partial charge >= 0.3 is 0 Å². The number of aromatic nitrogens is 3. The van der Waals surface area contributed by atoms with Gasteiger partial charge in [-0.15, -0.1) is 11.6 Å². The van der Waals surface area contributed by atoms with Crippen LogP contribution in [-0.2, 0) is 17.7 Å². The van der Waals surface area contributed by atoms with Gasteiger partial charge in [0.05, 0.1) is 23.9 Å². The second kappa shape index (κ2) is 5.24. The Hall–Kier alpha value is -1.13. The zero-order chi connectivity index (χ0) is 13.2. The molecule has 2 aromatic rings. The predicted molar refractivity (Wildman–Crippen MR) is 73.0 cm³/mol. The van der Waals surface area contributed by atoms with Crippen LogP contribution in [0.1, 0.15) is 19.7 Å². The topological polar surface area (TPSA) is 39.9 Å². The summed E-state index contributed by atoms with van der Waals surface area (Å²) in [6, 6.07) is 1.98. The van der Waals surface area contributed by atoms with Gasteiger partial charge in [-0.3, -0.25) is 4.98 Å². The third-order valence-corrected chi connectivity index (χ3v) is 3.23. The Labute approximate surface area is 112 Å². The van der Waals surface area contributed by atoms with Gasteiger partial charge in [0.2, 0.25) is 0 Å². The number of ether oxygens (including phenoxy) is 1. The monoisotopic (exact) mass is 267 g/mol. The molecule has 0 radical (unpaired) electrons. The van der Waals surface area contributed by atoms with Crippen molar-refractivity contribution in [3.63, 3.8) is 0 Å². The molecule has 0 saturated heterocycles. The van der Waals surface area contributed by atoms with Crippen LogP contribution in [0.3, 0.4) is 0 Å². The van der Waals surface area contributed by atoms with Crippen LogP contribution in [0.2, 0.25) is 0 Å². The van der Waals surface area contributed by atoms with Crippen LogP contribution in [0.4, 0.5) is 0 Å². The molecular formula is C13H18ClN3O. The van der Waals surface area contributed by atoms with E-state index in [-0.39, 0.29) is 5.60 Å². The van der Waals surface area contributed by atoms with Crippen LogP contribution in [0.15, 0.2) is 18.5 Å². The molecule has 0 aliphatic heterocycles. The number of halogens is 1. The first kappa shape index (κ1) is 13.3. The van der Waals surface area contributed by atoms with Crippen LogP contribution in [0, 0.1) is 0 Å². The maximum Gasteiger partial charge on any atom is 0.111 e. The maximum absolute atomic E-state index is 5.84. The number of imidazole rings is 1. The Morgan fingerprint density at radius 2 is 2.22 bits per heavy atom. The zero-order valence-corrected chi connectivity index (χ0v) is 11.7. The fraction of sp³-hybridized carbons (Fsp3) is 0.538. The number of hydrogen-bond donors (Lipinski definition) is 0. The zero-order valence-electron chi connectivity index (χ0n) is 11.0. The van der Waals surface area contributed by atoms with Crippen LogP contribution in [0.25, 0.3) is 11.0 Å². The van der Waals surface area contributed by atoms with E-state index in [9.17, 15) is 0 Å². The molecule has 0 aliphatic carbocycles. The normalized spacial score (nSPS) is 12.2. The lowest BCUT2D eigenvalue weighted by Gasteiger charge is -2.24. The molecule has 0 aliphatic rings. The SMILES string of the molecule is COC(C)(C)Cn1c(CCCl)nc2cnccc21. The highest BCUT2D eigenvalue weighted by Crippen LogP contribution is 2.20. The molecule has 2 heterocycles. The van der Waals surface area contributed by atoms with E-state index in [0.717, 1.165) is 29.8 Å². The highest BCUT2D eigenvalue weighted by atomic mass is 35.5. The number of pyridine rings is 1. The molecule has 0 amide bonds. The van der Waals surface area contributed by atoms with E-state index in [0.29, 0.717) is 5.88 Å². The van der Waals surface area contributed by atoms with Crippen molar-refractivity contribution in [3.05, 3.63) is 24.3 Å². The Morgan fingerprint density at radius 1 is 1.44 bits per heavy atom. The van der Waals surface area contributed by atoms with Crippen molar-refractivity contribution in [2.24, 2.45) is 0 Å². The Morgan fingerprint density at radius 3 is 2.89 bits per heavy atom. The first-order chi connectivity index (χ1) is 8.57. The molecule has 0 atom stereocenters. The second-order valence-corrected chi connectivity index (χ2v) is 5.26. The lowest BCUT2D eigenvalue weighted by Crippen LogP contribution is -2.29. The highest BCUT2D eigenvalue weighted by molar-refractivity contribution is 6.17. The largest absolute Gasteiger partial charge is 0.377 e. The van der Waals surface area contributed by atoms with Crippen LogP contribution in [-0.4, -0.2) is 33.1 Å². The summed E-state index contributed by atoms with van der Waals surface area (Å²) in [7, 11) is 1.72. The number of alkyl halides is 1. The van der Waals surface area contributed by atoms with Gasteiger partial charge in [-0.05, 0) is 19.9 Å². The summed E-state index contributed by atoms with van der Waals surface area (Å²) in [5.41, 5.74) is 1.75. The van der Waals surface area contributed by atoms with Gasteiger partial charge in [-0.25, -0.2) is 4.98 Å². The number of fused-ring (bicyclic) bond motifs is 1. The average molecular weight is 268 g/mol. The van der Waals surface area contributed by atoms with Gasteiger partial charge in [0.25, 0.3) is 0 Å². The molecule has 98 valence electrons. The molecule has 5 heteroatoms. The number of nitrogens with zero attached hydrogens (tertiary/aromatic N) is 3. The van der Waals surface area contributed by atoms with E-state index in [1.165, 1.54) is 0 Å². The van der Waals surface area contributed by atoms with E-state index in [1.807, 2.05) is 6.07 Å². The number of aryl methyl sites for hydroxylation is 1. The van der Waals surface area contributed by atoms with Crippen molar-refractivity contribution < 1.29 is 4.74 Å². The molecule has 4 nitrogen and oxygen atoms in total. The minimum Gasteiger partial charge on any atom is -0.377 e. The summed E-state index contributed by atoms with van der Waals surface area (Å²) >= 11 is 5.84. The summed E-state index contributed by atoms with van der Waals surface area (Å²) in [4.78, 5) is 8.69. The molecule has 2 aromatic heterocycles. The molecule has 0 unspecified atom stereocenters. The fourth-order valence-corrected chi connectivity index (χ4v) is 2.10. The average Bonchev–Trinajstić information content (AvgIpc) is 2.68. The van der Waals surface area contributed by atoms with E-state index < -0.39 is 0 Å². The molecule has 0 aromatic carbocycles. The summed E-state index contributed by atoms with van der Waals surface area (Å²) in [6.45, 7) is 4.87. The van der Waals surface area contributed by atoms with Gasteiger partial charge in [0.15, 0.2) is 0 Å². The third-order valence-electron chi connectivity index (χ3n) is 3.04. The Bertz CT molecular complexity index is 536. The fourth-order valence-electron chi connectivity index (χ4n) is 1.93. The number of methoxy groups -OCH3 is 1. The van der Waals surface area contributed by atoms with Gasteiger partial charge < -0.3 is 9.30 Å². The highest BCUT2D eigenvalue weighted by Gasteiger charge is 2.21. The first-order valence-electron chi connectivity index (χ1n) is 5.97. The molecule has 0 N–H and O–H groups in total. The first-order valence-corrected chi connectivity index (χ1v) is 6.51. The molecule has 18 heavy (non-hydrogen) atoms. The van der Waals surface area contributed by atoms with Gasteiger partial charge in [0.1, 0.15) is 11.3 Å². The van der Waals surface area contributed by atoms with E-state index in [2.05, 4.69) is 28.4 Å². The summed E-state index contributed by atoms with van der Waals surface area (Å²) in [6.07, 6.45) is 4.31. The molecule has 0 bridgehead atoms. The Balaban J connectivity index is 2.48. The summed E-state index contributed by atoms with van der Waals surface area (Å²) in [5, 5.41) is 0. The lowest BCUT2D eigenvalue weighted by molar-refractivity contribution is 0.00846. The summed E-state index contributed by atoms with van der Waals surface area (Å²) < 4.78 is 7.67. The quantitative estimate of drug-likeness (QED) is 0.782. The predicted octanol–water partition coefficient (Wildman–Crippen LogP) is 2.64. The smallest absolute Gasteiger partial charge is 0.111 e. The van der Waals surface area contributed by atoms with Crippen LogP contribution in [0.5, 0.6) is 0 Å².